The molecular weight excluding hydrogens is 226 g/mol. The van der Waals surface area contributed by atoms with Crippen LogP contribution in [0.4, 0.5) is 0 Å². The summed E-state index contributed by atoms with van der Waals surface area (Å²) in [6, 6.07) is 10.4. The summed E-state index contributed by atoms with van der Waals surface area (Å²) in [6.45, 7) is 5.06. The van der Waals surface area contributed by atoms with Gasteiger partial charge in [0, 0.05) is 5.92 Å². The van der Waals surface area contributed by atoms with Crippen LogP contribution in [0.3, 0.4) is 0 Å². The Kier molecular flexibility index (Phi) is 2.67. The molecule has 3 atom stereocenters. The fourth-order valence-corrected chi connectivity index (χ4v) is 2.73. The van der Waals surface area contributed by atoms with Crippen LogP contribution >= 0.6 is 0 Å². The van der Waals surface area contributed by atoms with E-state index in [4.69, 9.17) is 4.74 Å². The summed E-state index contributed by atoms with van der Waals surface area (Å²) in [5.74, 6) is 0.462. The Bertz CT molecular complexity index is 511. The van der Waals surface area contributed by atoms with Gasteiger partial charge >= 0.3 is 0 Å². The van der Waals surface area contributed by atoms with Crippen LogP contribution in [0.1, 0.15) is 19.4 Å². The van der Waals surface area contributed by atoms with Crippen molar-refractivity contribution in [2.24, 2.45) is 5.92 Å². The summed E-state index contributed by atoms with van der Waals surface area (Å²) in [5.41, 5.74) is 0.945. The maximum atomic E-state index is 6.11. The average Bonchev–Trinajstić information content (AvgIpc) is 2.91. The first kappa shape index (κ1) is 11.4. The fourth-order valence-electron chi connectivity index (χ4n) is 2.73. The molecule has 4 nitrogen and oxygen atoms in total. The Morgan fingerprint density at radius 1 is 1.28 bits per heavy atom. The van der Waals surface area contributed by atoms with Crippen LogP contribution in [0.2, 0.25) is 0 Å². The van der Waals surface area contributed by atoms with Gasteiger partial charge in [0.25, 0.3) is 0 Å². The first-order chi connectivity index (χ1) is 8.72. The quantitative estimate of drug-likeness (QED) is 0.830. The predicted molar refractivity (Wildman–Crippen MR) is 67.9 cm³/mol. The van der Waals surface area contributed by atoms with Gasteiger partial charge < -0.3 is 4.74 Å². The Labute approximate surface area is 107 Å². The van der Waals surface area contributed by atoms with Gasteiger partial charge in [0.15, 0.2) is 0 Å². The van der Waals surface area contributed by atoms with E-state index in [1.54, 1.807) is 12.7 Å². The molecule has 1 aromatic heterocycles. The number of rotatable bonds is 3. The number of ether oxygens (including phenoxy) is 1. The summed E-state index contributed by atoms with van der Waals surface area (Å²) >= 11 is 0. The molecule has 0 spiro atoms. The lowest BCUT2D eigenvalue weighted by Crippen LogP contribution is -2.57. The lowest BCUT2D eigenvalue weighted by atomic mass is 9.74. The van der Waals surface area contributed by atoms with Gasteiger partial charge in [0.2, 0.25) is 0 Å². The van der Waals surface area contributed by atoms with Crippen LogP contribution in [-0.4, -0.2) is 20.9 Å². The first-order valence-corrected chi connectivity index (χ1v) is 6.28. The van der Waals surface area contributed by atoms with Crippen molar-refractivity contribution >= 4 is 0 Å². The Hall–Kier alpha value is -1.68. The highest BCUT2D eigenvalue weighted by molar-refractivity contribution is 5.26. The number of aromatic nitrogens is 3. The minimum Gasteiger partial charge on any atom is -0.365 e. The van der Waals surface area contributed by atoms with Gasteiger partial charge in [-0.25, -0.2) is 9.67 Å². The maximum absolute atomic E-state index is 6.11. The maximum Gasteiger partial charge on any atom is 0.137 e. The van der Waals surface area contributed by atoms with Gasteiger partial charge in [-0.3, -0.25) is 0 Å². The standard InChI is InChI=1S/C14H17N3O/c1-11-12(2)18-14(11,8-17-10-15-9-16-17)13-6-4-3-5-7-13/h3-7,9-12H,8H2,1-2H3/t11-,12+,14+/m0/s1. The molecule has 3 rings (SSSR count). The summed E-state index contributed by atoms with van der Waals surface area (Å²) in [6.07, 6.45) is 3.59. The van der Waals surface area contributed by atoms with Gasteiger partial charge in [-0.1, -0.05) is 37.3 Å². The second-order valence-corrected chi connectivity index (χ2v) is 4.96. The summed E-state index contributed by atoms with van der Waals surface area (Å²) in [5, 5.41) is 4.19. The molecule has 0 amide bonds. The number of hydrogen-bond acceptors (Lipinski definition) is 3. The normalized spacial score (nSPS) is 31.0. The van der Waals surface area contributed by atoms with Crippen LogP contribution in [0.5, 0.6) is 0 Å². The zero-order chi connectivity index (χ0) is 12.6. The van der Waals surface area contributed by atoms with Crippen molar-refractivity contribution in [3.8, 4) is 0 Å². The summed E-state index contributed by atoms with van der Waals surface area (Å²) in [4.78, 5) is 4.00. The van der Waals surface area contributed by atoms with E-state index in [2.05, 4.69) is 48.2 Å². The van der Waals surface area contributed by atoms with E-state index in [1.807, 2.05) is 10.7 Å². The Morgan fingerprint density at radius 3 is 2.61 bits per heavy atom. The lowest BCUT2D eigenvalue weighted by Gasteiger charge is -2.53. The molecule has 94 valence electrons. The minimum atomic E-state index is -0.269. The third-order valence-corrected chi connectivity index (χ3v) is 3.96. The molecule has 4 heteroatoms. The largest absolute Gasteiger partial charge is 0.365 e. The zero-order valence-electron chi connectivity index (χ0n) is 10.7. The van der Waals surface area contributed by atoms with Crippen LogP contribution in [-0.2, 0) is 16.9 Å². The third kappa shape index (κ3) is 1.64. The highest BCUT2D eigenvalue weighted by atomic mass is 16.5. The van der Waals surface area contributed by atoms with E-state index in [1.165, 1.54) is 5.56 Å². The van der Waals surface area contributed by atoms with Gasteiger partial charge in [0.05, 0.1) is 12.6 Å². The Balaban J connectivity index is 1.95. The number of hydrogen-bond donors (Lipinski definition) is 0. The molecule has 1 fully saturated rings. The van der Waals surface area contributed by atoms with Gasteiger partial charge in [-0.2, -0.15) is 5.10 Å². The highest BCUT2D eigenvalue weighted by Crippen LogP contribution is 2.47. The molecule has 0 bridgehead atoms. The van der Waals surface area contributed by atoms with Crippen LogP contribution in [0, 0.1) is 5.92 Å². The molecule has 2 aromatic rings. The van der Waals surface area contributed by atoms with Crippen molar-refractivity contribution in [3.63, 3.8) is 0 Å². The molecule has 1 aliphatic rings. The highest BCUT2D eigenvalue weighted by Gasteiger charge is 2.52. The van der Waals surface area contributed by atoms with Crippen molar-refractivity contribution in [2.45, 2.75) is 32.1 Å². The van der Waals surface area contributed by atoms with E-state index in [9.17, 15) is 0 Å². The zero-order valence-corrected chi connectivity index (χ0v) is 10.7. The molecule has 0 aliphatic carbocycles. The molecule has 0 radical (unpaired) electrons. The van der Waals surface area contributed by atoms with Crippen molar-refractivity contribution in [1.82, 2.24) is 14.8 Å². The summed E-state index contributed by atoms with van der Waals surface area (Å²) < 4.78 is 7.95. The van der Waals surface area contributed by atoms with Crippen molar-refractivity contribution in [3.05, 3.63) is 48.5 Å². The first-order valence-electron chi connectivity index (χ1n) is 6.28. The topological polar surface area (TPSA) is 39.9 Å². The van der Waals surface area contributed by atoms with Crippen molar-refractivity contribution < 1.29 is 4.74 Å². The van der Waals surface area contributed by atoms with E-state index in [0.29, 0.717) is 12.5 Å². The fraction of sp³-hybridized carbons (Fsp3) is 0.429. The van der Waals surface area contributed by atoms with Crippen LogP contribution < -0.4 is 0 Å². The smallest absolute Gasteiger partial charge is 0.137 e. The molecule has 0 N–H and O–H groups in total. The molecule has 18 heavy (non-hydrogen) atoms. The van der Waals surface area contributed by atoms with E-state index in [0.717, 1.165) is 0 Å². The second kappa shape index (κ2) is 4.21. The number of nitrogens with zero attached hydrogens (tertiary/aromatic N) is 3. The molecule has 0 saturated carbocycles. The van der Waals surface area contributed by atoms with Crippen molar-refractivity contribution in [1.29, 1.82) is 0 Å². The SMILES string of the molecule is C[C@H]1O[C@@](Cn2cncn2)(c2ccccc2)[C@H]1C. The lowest BCUT2D eigenvalue weighted by molar-refractivity contribution is -0.263. The van der Waals surface area contributed by atoms with Gasteiger partial charge in [-0.15, -0.1) is 0 Å². The molecule has 1 saturated heterocycles. The monoisotopic (exact) mass is 243 g/mol. The van der Waals surface area contributed by atoms with E-state index in [-0.39, 0.29) is 11.7 Å². The molecule has 0 unspecified atom stereocenters. The number of benzene rings is 1. The van der Waals surface area contributed by atoms with Crippen LogP contribution in [0.25, 0.3) is 0 Å². The van der Waals surface area contributed by atoms with Crippen LogP contribution in [0.15, 0.2) is 43.0 Å². The molecule has 2 heterocycles. The Morgan fingerprint density at radius 2 is 2.06 bits per heavy atom. The summed E-state index contributed by atoms with van der Waals surface area (Å²) in [7, 11) is 0. The minimum absolute atomic E-state index is 0.269. The predicted octanol–water partition coefficient (Wildman–Crippen LogP) is 2.23. The molecule has 1 aromatic carbocycles. The van der Waals surface area contributed by atoms with Gasteiger partial charge in [0.1, 0.15) is 18.3 Å². The van der Waals surface area contributed by atoms with E-state index >= 15 is 0 Å². The molecule has 1 aliphatic heterocycles. The molecular formula is C14H17N3O. The van der Waals surface area contributed by atoms with E-state index < -0.39 is 0 Å². The third-order valence-electron chi connectivity index (χ3n) is 3.96. The average molecular weight is 243 g/mol. The second-order valence-electron chi connectivity index (χ2n) is 4.96. The van der Waals surface area contributed by atoms with Crippen molar-refractivity contribution in [2.75, 3.05) is 0 Å². The van der Waals surface area contributed by atoms with Gasteiger partial charge in [-0.05, 0) is 12.5 Å².